The van der Waals surface area contributed by atoms with Crippen LogP contribution in [-0.2, 0) is 0 Å². The molecule has 3 rings (SSSR count). The summed E-state index contributed by atoms with van der Waals surface area (Å²) in [4.78, 5) is 17.1. The van der Waals surface area contributed by atoms with Crippen LogP contribution in [0.2, 0.25) is 0 Å². The van der Waals surface area contributed by atoms with E-state index >= 15 is 0 Å². The van der Waals surface area contributed by atoms with Crippen LogP contribution in [0.5, 0.6) is 0 Å². The predicted octanol–water partition coefficient (Wildman–Crippen LogP) is 4.44. The highest BCUT2D eigenvalue weighted by molar-refractivity contribution is 14.1. The zero-order valence-corrected chi connectivity index (χ0v) is 16.6. The van der Waals surface area contributed by atoms with Gasteiger partial charge < -0.3 is 9.84 Å². The van der Waals surface area contributed by atoms with Crippen molar-refractivity contribution in [2.75, 3.05) is 0 Å². The Morgan fingerprint density at radius 3 is 2.83 bits per heavy atom. The Kier molecular flexibility index (Phi) is 5.05. The first-order chi connectivity index (χ1) is 11.0. The van der Waals surface area contributed by atoms with E-state index in [1.165, 1.54) is 0 Å². The second kappa shape index (κ2) is 6.88. The average molecular weight is 490 g/mol. The maximum absolute atomic E-state index is 12.6. The molecule has 7 heteroatoms. The molecule has 1 aromatic heterocycles. The summed E-state index contributed by atoms with van der Waals surface area (Å²) in [5.41, 5.74) is 0.632. The van der Waals surface area contributed by atoms with E-state index in [1.807, 2.05) is 32.0 Å². The minimum atomic E-state index is -0.294. The van der Waals surface area contributed by atoms with Gasteiger partial charge in [-0.2, -0.15) is 4.98 Å². The van der Waals surface area contributed by atoms with Gasteiger partial charge in [-0.1, -0.05) is 34.9 Å². The quantitative estimate of drug-likeness (QED) is 0.630. The molecule has 122 valence electrons. The number of benzene rings is 1. The molecule has 0 spiro atoms. The molecule has 1 fully saturated rings. The van der Waals surface area contributed by atoms with Crippen LogP contribution in [0.1, 0.15) is 60.7 Å². The van der Waals surface area contributed by atoms with Crippen LogP contribution in [0, 0.1) is 9.49 Å². The third kappa shape index (κ3) is 3.93. The molecule has 1 heterocycles. The molecule has 23 heavy (non-hydrogen) atoms. The molecule has 1 aromatic carbocycles. The summed E-state index contributed by atoms with van der Waals surface area (Å²) < 4.78 is 7.16. The summed E-state index contributed by atoms with van der Waals surface area (Å²) in [5.74, 6) is 1.69. The van der Waals surface area contributed by atoms with Crippen molar-refractivity contribution in [1.82, 2.24) is 15.5 Å². The molecule has 0 aliphatic heterocycles. The van der Waals surface area contributed by atoms with Crippen LogP contribution in [0.15, 0.2) is 27.2 Å². The lowest BCUT2D eigenvalue weighted by atomic mass is 10.0. The minimum absolute atomic E-state index is 0.138. The first-order valence-corrected chi connectivity index (χ1v) is 9.42. The van der Waals surface area contributed by atoms with Crippen molar-refractivity contribution in [1.29, 1.82) is 0 Å². The standard InChI is InChI=1S/C16H17BrIN3O2/c1-8(2)13(16-20-14(21-23-16)9-3-4-9)19-15(22)11-7-10(17)5-6-12(11)18/h5-9,13H,3-4H2,1-2H3,(H,19,22). The van der Waals surface area contributed by atoms with Gasteiger partial charge in [-0.05, 0) is 59.5 Å². The number of carbonyl (C=O) groups is 1. The van der Waals surface area contributed by atoms with E-state index in [0.29, 0.717) is 17.4 Å². The Labute approximate surface area is 156 Å². The van der Waals surface area contributed by atoms with Crippen molar-refractivity contribution in [3.63, 3.8) is 0 Å². The molecule has 1 unspecified atom stereocenters. The third-order valence-corrected chi connectivity index (χ3v) is 5.23. The van der Waals surface area contributed by atoms with Gasteiger partial charge in [-0.15, -0.1) is 0 Å². The van der Waals surface area contributed by atoms with Crippen molar-refractivity contribution >= 4 is 44.4 Å². The van der Waals surface area contributed by atoms with E-state index < -0.39 is 0 Å². The molecule has 0 bridgehead atoms. The molecular weight excluding hydrogens is 473 g/mol. The first-order valence-electron chi connectivity index (χ1n) is 7.55. The summed E-state index contributed by atoms with van der Waals surface area (Å²) in [5, 5.41) is 7.08. The molecule has 2 aromatic rings. The normalized spacial score (nSPS) is 15.7. The Bertz CT molecular complexity index is 728. The zero-order valence-electron chi connectivity index (χ0n) is 12.8. The van der Waals surface area contributed by atoms with Crippen LogP contribution in [0.3, 0.4) is 0 Å². The van der Waals surface area contributed by atoms with Gasteiger partial charge in [0.25, 0.3) is 5.91 Å². The predicted molar refractivity (Wildman–Crippen MR) is 98.2 cm³/mol. The monoisotopic (exact) mass is 489 g/mol. The van der Waals surface area contributed by atoms with Crippen LogP contribution in [-0.4, -0.2) is 16.0 Å². The smallest absolute Gasteiger partial charge is 0.253 e. The highest BCUT2D eigenvalue weighted by Crippen LogP contribution is 2.38. The topological polar surface area (TPSA) is 68.0 Å². The maximum Gasteiger partial charge on any atom is 0.253 e. The number of nitrogens with one attached hydrogen (secondary N) is 1. The SMILES string of the molecule is CC(C)C(NC(=O)c1cc(Br)ccc1I)c1nc(C2CC2)no1. The van der Waals surface area contributed by atoms with E-state index in [0.717, 1.165) is 26.7 Å². The van der Waals surface area contributed by atoms with Crippen molar-refractivity contribution in [2.45, 2.75) is 38.6 Å². The lowest BCUT2D eigenvalue weighted by Crippen LogP contribution is -2.32. The number of nitrogens with zero attached hydrogens (tertiary/aromatic N) is 2. The first kappa shape index (κ1) is 16.9. The minimum Gasteiger partial charge on any atom is -0.340 e. The lowest BCUT2D eigenvalue weighted by Gasteiger charge is -2.19. The molecule has 1 atom stereocenters. The average Bonchev–Trinajstić information content (AvgIpc) is 3.25. The molecule has 1 amide bonds. The molecule has 1 N–H and O–H groups in total. The van der Waals surface area contributed by atoms with Gasteiger partial charge in [0.05, 0.1) is 5.56 Å². The fraction of sp³-hybridized carbons (Fsp3) is 0.438. The van der Waals surface area contributed by atoms with Gasteiger partial charge in [-0.3, -0.25) is 4.79 Å². The maximum atomic E-state index is 12.6. The molecule has 1 aliphatic rings. The Morgan fingerprint density at radius 1 is 1.43 bits per heavy atom. The molecule has 0 radical (unpaired) electrons. The second-order valence-corrected chi connectivity index (χ2v) is 8.16. The van der Waals surface area contributed by atoms with Crippen LogP contribution in [0.25, 0.3) is 0 Å². The van der Waals surface area contributed by atoms with Crippen molar-refractivity contribution in [3.8, 4) is 0 Å². The summed E-state index contributed by atoms with van der Waals surface area (Å²) in [7, 11) is 0. The Morgan fingerprint density at radius 2 is 2.17 bits per heavy atom. The molecular formula is C16H17BrIN3O2. The number of halogens is 2. The van der Waals surface area contributed by atoms with Gasteiger partial charge in [0, 0.05) is 14.0 Å². The second-order valence-electron chi connectivity index (χ2n) is 6.08. The highest BCUT2D eigenvalue weighted by atomic mass is 127. The molecule has 1 saturated carbocycles. The highest BCUT2D eigenvalue weighted by Gasteiger charge is 2.31. The van der Waals surface area contributed by atoms with Crippen LogP contribution < -0.4 is 5.32 Å². The summed E-state index contributed by atoms with van der Waals surface area (Å²) >= 11 is 5.57. The van der Waals surface area contributed by atoms with Gasteiger partial charge in [0.15, 0.2) is 5.82 Å². The number of aromatic nitrogens is 2. The summed E-state index contributed by atoms with van der Waals surface area (Å²) in [6.45, 7) is 4.05. The van der Waals surface area contributed by atoms with Crippen LogP contribution in [0.4, 0.5) is 0 Å². The third-order valence-electron chi connectivity index (χ3n) is 3.79. The van der Waals surface area contributed by atoms with Gasteiger partial charge in [0.1, 0.15) is 6.04 Å². The fourth-order valence-electron chi connectivity index (χ4n) is 2.28. The largest absolute Gasteiger partial charge is 0.340 e. The van der Waals surface area contributed by atoms with Crippen LogP contribution >= 0.6 is 38.5 Å². The lowest BCUT2D eigenvalue weighted by molar-refractivity contribution is 0.0913. The molecule has 1 aliphatic carbocycles. The summed E-state index contributed by atoms with van der Waals surface area (Å²) in [6, 6.07) is 5.34. The van der Waals surface area contributed by atoms with E-state index in [2.05, 4.69) is 54.0 Å². The zero-order chi connectivity index (χ0) is 16.6. The van der Waals surface area contributed by atoms with E-state index in [1.54, 1.807) is 0 Å². The number of hydrogen-bond donors (Lipinski definition) is 1. The number of amides is 1. The molecule has 0 saturated heterocycles. The van der Waals surface area contributed by atoms with Gasteiger partial charge in [-0.25, -0.2) is 0 Å². The van der Waals surface area contributed by atoms with E-state index in [-0.39, 0.29) is 17.9 Å². The Hall–Kier alpha value is -0.960. The molecule has 5 nitrogen and oxygen atoms in total. The fourth-order valence-corrected chi connectivity index (χ4v) is 3.23. The van der Waals surface area contributed by atoms with Gasteiger partial charge >= 0.3 is 0 Å². The number of hydrogen-bond acceptors (Lipinski definition) is 4. The van der Waals surface area contributed by atoms with Crippen molar-refractivity contribution in [2.24, 2.45) is 5.92 Å². The number of carbonyl (C=O) groups excluding carboxylic acids is 1. The van der Waals surface area contributed by atoms with Gasteiger partial charge in [0.2, 0.25) is 5.89 Å². The van der Waals surface area contributed by atoms with E-state index in [9.17, 15) is 4.79 Å². The van der Waals surface area contributed by atoms with E-state index in [4.69, 9.17) is 4.52 Å². The number of rotatable bonds is 5. The Balaban J connectivity index is 1.81. The van der Waals surface area contributed by atoms with Crippen molar-refractivity contribution < 1.29 is 9.32 Å². The van der Waals surface area contributed by atoms with Crippen molar-refractivity contribution in [3.05, 3.63) is 43.5 Å². The summed E-state index contributed by atoms with van der Waals surface area (Å²) in [6.07, 6.45) is 2.24.